The van der Waals surface area contributed by atoms with E-state index in [1.165, 1.54) is 0 Å². The molecule has 122 valence electrons. The third kappa shape index (κ3) is 4.47. The molecular weight excluding hydrogens is 278 g/mol. The molecule has 1 N–H and O–H groups in total. The molecule has 2 rings (SSSR count). The summed E-state index contributed by atoms with van der Waals surface area (Å²) < 4.78 is 10.8. The van der Waals surface area contributed by atoms with Crippen LogP contribution in [0.1, 0.15) is 32.3 Å². The Morgan fingerprint density at radius 1 is 1.41 bits per heavy atom. The van der Waals surface area contributed by atoms with Crippen molar-refractivity contribution >= 4 is 5.91 Å². The van der Waals surface area contributed by atoms with E-state index in [0.717, 1.165) is 37.2 Å². The predicted octanol–water partition coefficient (Wildman–Crippen LogP) is 2.81. The number of para-hydroxylation sites is 1. The lowest BCUT2D eigenvalue weighted by Crippen LogP contribution is -2.45. The van der Waals surface area contributed by atoms with E-state index in [1.54, 1.807) is 7.11 Å². The third-order valence-electron chi connectivity index (χ3n) is 4.30. The minimum atomic E-state index is -0.00679. The van der Waals surface area contributed by atoms with Gasteiger partial charge in [-0.2, -0.15) is 0 Å². The molecule has 1 saturated heterocycles. The molecule has 1 aliphatic heterocycles. The van der Waals surface area contributed by atoms with Gasteiger partial charge in [-0.05, 0) is 36.8 Å². The molecule has 1 aromatic carbocycles. The topological polar surface area (TPSA) is 47.6 Å². The van der Waals surface area contributed by atoms with Gasteiger partial charge in [0.05, 0.1) is 19.6 Å². The van der Waals surface area contributed by atoms with Crippen molar-refractivity contribution in [3.63, 3.8) is 0 Å². The number of carbonyl (C=O) groups excluding carboxylic acids is 1. The second kappa shape index (κ2) is 8.18. The second-order valence-corrected chi connectivity index (χ2v) is 6.29. The first kappa shape index (κ1) is 16.8. The molecule has 4 heteroatoms. The lowest BCUT2D eigenvalue weighted by molar-refractivity contribution is -0.130. The van der Waals surface area contributed by atoms with E-state index in [2.05, 4.69) is 25.2 Å². The molecule has 22 heavy (non-hydrogen) atoms. The molecule has 1 heterocycles. The van der Waals surface area contributed by atoms with Crippen LogP contribution in [0.3, 0.4) is 0 Å². The van der Waals surface area contributed by atoms with Gasteiger partial charge in [-0.15, -0.1) is 0 Å². The monoisotopic (exact) mass is 305 g/mol. The quantitative estimate of drug-likeness (QED) is 0.879. The first-order valence-corrected chi connectivity index (χ1v) is 8.11. The number of hydrogen-bond acceptors (Lipinski definition) is 3. The molecule has 0 spiro atoms. The highest BCUT2D eigenvalue weighted by Crippen LogP contribution is 2.22. The second-order valence-electron chi connectivity index (χ2n) is 6.29. The summed E-state index contributed by atoms with van der Waals surface area (Å²) in [6, 6.07) is 8.09. The van der Waals surface area contributed by atoms with Gasteiger partial charge in [-0.1, -0.05) is 32.0 Å². The van der Waals surface area contributed by atoms with Gasteiger partial charge in [-0.25, -0.2) is 0 Å². The molecule has 1 fully saturated rings. The van der Waals surface area contributed by atoms with E-state index in [-0.39, 0.29) is 17.9 Å². The van der Waals surface area contributed by atoms with Gasteiger partial charge in [0.15, 0.2) is 0 Å². The fraction of sp³-hybridized carbons (Fsp3) is 0.611. The number of amides is 1. The maximum Gasteiger partial charge on any atom is 0.225 e. The van der Waals surface area contributed by atoms with Gasteiger partial charge in [0, 0.05) is 12.6 Å². The van der Waals surface area contributed by atoms with Crippen molar-refractivity contribution in [1.29, 1.82) is 0 Å². The smallest absolute Gasteiger partial charge is 0.225 e. The molecule has 0 saturated carbocycles. The van der Waals surface area contributed by atoms with Crippen molar-refractivity contribution in [2.24, 2.45) is 11.8 Å². The Balaban J connectivity index is 2.01. The number of benzene rings is 1. The van der Waals surface area contributed by atoms with Crippen LogP contribution in [0.2, 0.25) is 0 Å². The Morgan fingerprint density at radius 3 is 2.82 bits per heavy atom. The maximum atomic E-state index is 12.4. The van der Waals surface area contributed by atoms with Crippen LogP contribution in [0.5, 0.6) is 5.75 Å². The highest BCUT2D eigenvalue weighted by atomic mass is 16.5. The number of nitrogens with one attached hydrogen (secondary N) is 1. The van der Waals surface area contributed by atoms with Crippen molar-refractivity contribution in [3.8, 4) is 5.75 Å². The Kier molecular flexibility index (Phi) is 6.25. The number of carbonyl (C=O) groups is 1. The van der Waals surface area contributed by atoms with E-state index in [9.17, 15) is 4.79 Å². The lowest BCUT2D eigenvalue weighted by atomic mass is 9.94. The molecule has 1 amide bonds. The first-order valence-electron chi connectivity index (χ1n) is 8.11. The van der Waals surface area contributed by atoms with E-state index in [1.807, 2.05) is 18.2 Å². The Labute approximate surface area is 133 Å². The van der Waals surface area contributed by atoms with Crippen LogP contribution in [-0.4, -0.2) is 32.3 Å². The fourth-order valence-corrected chi connectivity index (χ4v) is 2.81. The number of methoxy groups -OCH3 is 1. The van der Waals surface area contributed by atoms with E-state index < -0.39 is 0 Å². The van der Waals surface area contributed by atoms with Gasteiger partial charge in [0.25, 0.3) is 0 Å². The zero-order valence-electron chi connectivity index (χ0n) is 13.8. The fourth-order valence-electron chi connectivity index (χ4n) is 2.81. The van der Waals surface area contributed by atoms with Crippen molar-refractivity contribution in [2.45, 2.75) is 39.2 Å². The Morgan fingerprint density at radius 2 is 2.18 bits per heavy atom. The Hall–Kier alpha value is -1.55. The van der Waals surface area contributed by atoms with Gasteiger partial charge < -0.3 is 14.8 Å². The van der Waals surface area contributed by atoms with Crippen LogP contribution in [0.25, 0.3) is 0 Å². The molecule has 4 nitrogen and oxygen atoms in total. The summed E-state index contributed by atoms with van der Waals surface area (Å²) in [5.41, 5.74) is 1.13. The first-order chi connectivity index (χ1) is 10.6. The molecular formula is C18H27NO3. The minimum absolute atomic E-state index is 0.00679. The van der Waals surface area contributed by atoms with Gasteiger partial charge in [-0.3, -0.25) is 4.79 Å². The van der Waals surface area contributed by atoms with Crippen LogP contribution in [0, 0.1) is 11.8 Å². The highest BCUT2D eigenvalue weighted by Gasteiger charge is 2.25. The summed E-state index contributed by atoms with van der Waals surface area (Å²) in [6.07, 6.45) is 2.67. The van der Waals surface area contributed by atoms with Crippen LogP contribution >= 0.6 is 0 Å². The molecule has 0 aromatic heterocycles. The largest absolute Gasteiger partial charge is 0.496 e. The maximum absolute atomic E-state index is 12.4. The Bertz CT molecular complexity index is 481. The van der Waals surface area contributed by atoms with Crippen LogP contribution < -0.4 is 10.1 Å². The summed E-state index contributed by atoms with van der Waals surface area (Å²) in [7, 11) is 1.68. The third-order valence-corrected chi connectivity index (χ3v) is 4.30. The van der Waals surface area contributed by atoms with E-state index in [0.29, 0.717) is 12.5 Å². The van der Waals surface area contributed by atoms with Gasteiger partial charge in [0.1, 0.15) is 5.75 Å². The molecule has 1 aromatic rings. The minimum Gasteiger partial charge on any atom is -0.496 e. The molecule has 0 radical (unpaired) electrons. The standard InChI is InChI=1S/C18H27NO3/c1-13(2)16(11-14-7-4-5-9-17(14)21-3)19-18(20)15-8-6-10-22-12-15/h4-5,7,9,13,15-16H,6,8,10-12H2,1-3H3,(H,19,20)/t15-,16+/m1/s1. The van der Waals surface area contributed by atoms with E-state index in [4.69, 9.17) is 9.47 Å². The van der Waals surface area contributed by atoms with Gasteiger partial charge in [0.2, 0.25) is 5.91 Å². The number of rotatable bonds is 6. The van der Waals surface area contributed by atoms with Crippen LogP contribution in [0.15, 0.2) is 24.3 Å². The summed E-state index contributed by atoms with van der Waals surface area (Å²) in [4.78, 5) is 12.4. The van der Waals surface area contributed by atoms with Gasteiger partial charge >= 0.3 is 0 Å². The van der Waals surface area contributed by atoms with Crippen molar-refractivity contribution in [3.05, 3.63) is 29.8 Å². The molecule has 0 unspecified atom stereocenters. The predicted molar refractivity (Wildman–Crippen MR) is 87.0 cm³/mol. The zero-order chi connectivity index (χ0) is 15.9. The molecule has 1 aliphatic rings. The van der Waals surface area contributed by atoms with Crippen LogP contribution in [-0.2, 0) is 16.0 Å². The van der Waals surface area contributed by atoms with Crippen molar-refractivity contribution in [2.75, 3.05) is 20.3 Å². The number of hydrogen-bond donors (Lipinski definition) is 1. The number of ether oxygens (including phenoxy) is 2. The molecule has 0 aliphatic carbocycles. The SMILES string of the molecule is COc1ccccc1C[C@H](NC(=O)[C@@H]1CCCOC1)C(C)C. The van der Waals surface area contributed by atoms with Crippen LogP contribution in [0.4, 0.5) is 0 Å². The average Bonchev–Trinajstić information content (AvgIpc) is 2.55. The lowest BCUT2D eigenvalue weighted by Gasteiger charge is -2.27. The van der Waals surface area contributed by atoms with Crippen molar-refractivity contribution in [1.82, 2.24) is 5.32 Å². The average molecular weight is 305 g/mol. The highest BCUT2D eigenvalue weighted by molar-refractivity contribution is 5.79. The zero-order valence-corrected chi connectivity index (χ0v) is 13.8. The van der Waals surface area contributed by atoms with Crippen molar-refractivity contribution < 1.29 is 14.3 Å². The normalized spacial score (nSPS) is 19.7. The summed E-state index contributed by atoms with van der Waals surface area (Å²) >= 11 is 0. The molecule has 0 bridgehead atoms. The summed E-state index contributed by atoms with van der Waals surface area (Å²) in [5.74, 6) is 1.35. The summed E-state index contributed by atoms with van der Waals surface area (Å²) in [5, 5.41) is 3.21. The molecule has 2 atom stereocenters. The van der Waals surface area contributed by atoms with E-state index >= 15 is 0 Å². The summed E-state index contributed by atoms with van der Waals surface area (Å²) in [6.45, 7) is 5.60.